The number of carboxylic acids is 1. The molecule has 0 saturated heterocycles. The van der Waals surface area contributed by atoms with Crippen molar-refractivity contribution in [2.75, 3.05) is 18.5 Å². The van der Waals surface area contributed by atoms with Crippen molar-refractivity contribution >= 4 is 27.6 Å². The summed E-state index contributed by atoms with van der Waals surface area (Å²) in [7, 11) is 1.90. The molecule has 1 aromatic heterocycles. The average molecular weight is 335 g/mol. The van der Waals surface area contributed by atoms with E-state index < -0.39 is 5.97 Å². The number of nitrogens with zero attached hydrogens (tertiary/aromatic N) is 2. The van der Waals surface area contributed by atoms with Crippen LogP contribution in [0.1, 0.15) is 15.9 Å². The molecule has 1 N–H and O–H groups in total. The highest BCUT2D eigenvalue weighted by Crippen LogP contribution is 2.24. The molecule has 0 atom stereocenters. The van der Waals surface area contributed by atoms with Crippen LogP contribution in [0.5, 0.6) is 0 Å². The Morgan fingerprint density at radius 2 is 2.00 bits per heavy atom. The van der Waals surface area contributed by atoms with Crippen molar-refractivity contribution < 1.29 is 9.90 Å². The SMILES string of the molecule is CN(CCc1ccncc1)c1ccc(Br)cc1C(=O)O. The molecule has 2 aromatic rings. The normalized spacial score (nSPS) is 10.3. The number of carboxylic acid groups (broad SMARTS) is 1. The summed E-state index contributed by atoms with van der Waals surface area (Å²) in [5, 5.41) is 9.27. The number of benzene rings is 1. The quantitative estimate of drug-likeness (QED) is 0.912. The predicted molar refractivity (Wildman–Crippen MR) is 82.3 cm³/mol. The molecule has 1 heterocycles. The van der Waals surface area contributed by atoms with Gasteiger partial charge < -0.3 is 10.0 Å². The maximum Gasteiger partial charge on any atom is 0.337 e. The van der Waals surface area contributed by atoms with Crippen LogP contribution in [0.25, 0.3) is 0 Å². The van der Waals surface area contributed by atoms with Gasteiger partial charge >= 0.3 is 5.97 Å². The molecule has 5 heteroatoms. The van der Waals surface area contributed by atoms with Gasteiger partial charge in [-0.15, -0.1) is 0 Å². The van der Waals surface area contributed by atoms with Crippen molar-refractivity contribution in [3.8, 4) is 0 Å². The first-order valence-corrected chi connectivity index (χ1v) is 7.00. The van der Waals surface area contributed by atoms with Gasteiger partial charge in [0.25, 0.3) is 0 Å². The molecule has 0 aliphatic carbocycles. The zero-order valence-electron chi connectivity index (χ0n) is 11.1. The zero-order chi connectivity index (χ0) is 14.5. The first-order valence-electron chi connectivity index (χ1n) is 6.21. The summed E-state index contributed by atoms with van der Waals surface area (Å²) in [5.74, 6) is -0.919. The van der Waals surface area contributed by atoms with Gasteiger partial charge in [-0.3, -0.25) is 4.98 Å². The molecular formula is C15H15BrN2O2. The number of anilines is 1. The fourth-order valence-electron chi connectivity index (χ4n) is 1.98. The second-order valence-corrected chi connectivity index (χ2v) is 5.41. The molecule has 1 aromatic carbocycles. The summed E-state index contributed by atoms with van der Waals surface area (Å²) in [6, 6.07) is 9.23. The monoisotopic (exact) mass is 334 g/mol. The highest BCUT2D eigenvalue weighted by atomic mass is 79.9. The van der Waals surface area contributed by atoms with Crippen LogP contribution in [0, 0.1) is 0 Å². The number of hydrogen-bond donors (Lipinski definition) is 1. The van der Waals surface area contributed by atoms with Gasteiger partial charge in [0.2, 0.25) is 0 Å². The minimum absolute atomic E-state index is 0.302. The number of aromatic nitrogens is 1. The molecule has 0 aliphatic rings. The second kappa shape index (κ2) is 6.52. The molecule has 4 nitrogen and oxygen atoms in total. The van der Waals surface area contributed by atoms with Crippen LogP contribution in [0.15, 0.2) is 47.2 Å². The molecule has 20 heavy (non-hydrogen) atoms. The van der Waals surface area contributed by atoms with Gasteiger partial charge in [-0.2, -0.15) is 0 Å². The Morgan fingerprint density at radius 3 is 2.65 bits per heavy atom. The van der Waals surface area contributed by atoms with E-state index in [4.69, 9.17) is 0 Å². The van der Waals surface area contributed by atoms with Crippen molar-refractivity contribution in [3.05, 3.63) is 58.3 Å². The second-order valence-electron chi connectivity index (χ2n) is 4.49. The lowest BCUT2D eigenvalue weighted by Gasteiger charge is -2.21. The van der Waals surface area contributed by atoms with Crippen molar-refractivity contribution in [3.63, 3.8) is 0 Å². The Morgan fingerprint density at radius 1 is 1.30 bits per heavy atom. The van der Waals surface area contributed by atoms with Gasteiger partial charge in [-0.1, -0.05) is 15.9 Å². The van der Waals surface area contributed by atoms with Crippen LogP contribution in [-0.4, -0.2) is 29.7 Å². The van der Waals surface area contributed by atoms with E-state index in [0.29, 0.717) is 5.56 Å². The summed E-state index contributed by atoms with van der Waals surface area (Å²) < 4.78 is 0.765. The lowest BCUT2D eigenvalue weighted by molar-refractivity contribution is 0.0697. The third kappa shape index (κ3) is 3.57. The van der Waals surface area contributed by atoms with Gasteiger partial charge in [0.05, 0.1) is 11.3 Å². The number of likely N-dealkylation sites (N-methyl/N-ethyl adjacent to an activating group) is 1. The predicted octanol–water partition coefficient (Wildman–Crippen LogP) is 3.22. The lowest BCUT2D eigenvalue weighted by Crippen LogP contribution is -2.22. The summed E-state index contributed by atoms with van der Waals surface area (Å²) in [6.45, 7) is 0.742. The first-order chi connectivity index (χ1) is 9.58. The van der Waals surface area contributed by atoms with Gasteiger partial charge in [0.1, 0.15) is 0 Å². The van der Waals surface area contributed by atoms with E-state index >= 15 is 0 Å². The van der Waals surface area contributed by atoms with Crippen LogP contribution in [0.4, 0.5) is 5.69 Å². The summed E-state index contributed by atoms with van der Waals surface area (Å²) >= 11 is 3.30. The Hall–Kier alpha value is -1.88. The smallest absolute Gasteiger partial charge is 0.337 e. The molecule has 0 bridgehead atoms. The zero-order valence-corrected chi connectivity index (χ0v) is 12.7. The van der Waals surface area contributed by atoms with Crippen LogP contribution >= 0.6 is 15.9 Å². The highest BCUT2D eigenvalue weighted by Gasteiger charge is 2.13. The fraction of sp³-hybridized carbons (Fsp3) is 0.200. The van der Waals surface area contributed by atoms with Crippen molar-refractivity contribution in [2.24, 2.45) is 0 Å². The standard InChI is InChI=1S/C15H15BrN2O2/c1-18(9-6-11-4-7-17-8-5-11)14-3-2-12(16)10-13(14)15(19)20/h2-5,7-8,10H,6,9H2,1H3,(H,19,20). The largest absolute Gasteiger partial charge is 0.478 e. The van der Waals surface area contributed by atoms with Crippen LogP contribution in [-0.2, 0) is 6.42 Å². The molecule has 0 fully saturated rings. The Labute approximate surface area is 126 Å². The number of rotatable bonds is 5. The van der Waals surface area contributed by atoms with Crippen molar-refractivity contribution in [2.45, 2.75) is 6.42 Å². The average Bonchev–Trinajstić information content (AvgIpc) is 2.45. The van der Waals surface area contributed by atoms with Gasteiger partial charge in [-0.25, -0.2) is 4.79 Å². The molecule has 2 rings (SSSR count). The number of hydrogen-bond acceptors (Lipinski definition) is 3. The molecule has 0 radical (unpaired) electrons. The number of carbonyl (C=O) groups is 1. The van der Waals surface area contributed by atoms with Gasteiger partial charge in [0, 0.05) is 30.5 Å². The number of aromatic carboxylic acids is 1. The topological polar surface area (TPSA) is 53.4 Å². The summed E-state index contributed by atoms with van der Waals surface area (Å²) in [6.07, 6.45) is 4.36. The highest BCUT2D eigenvalue weighted by molar-refractivity contribution is 9.10. The van der Waals surface area contributed by atoms with E-state index in [1.54, 1.807) is 18.5 Å². The third-order valence-corrected chi connectivity index (χ3v) is 3.58. The molecule has 0 aliphatic heterocycles. The fourth-order valence-corrected chi connectivity index (χ4v) is 2.34. The molecular weight excluding hydrogens is 320 g/mol. The molecule has 0 amide bonds. The van der Waals surface area contributed by atoms with Crippen LogP contribution in [0.3, 0.4) is 0 Å². The number of pyridine rings is 1. The summed E-state index contributed by atoms with van der Waals surface area (Å²) in [5.41, 5.74) is 2.20. The lowest BCUT2D eigenvalue weighted by atomic mass is 10.1. The maximum atomic E-state index is 11.3. The maximum absolute atomic E-state index is 11.3. The minimum Gasteiger partial charge on any atom is -0.478 e. The molecule has 0 unspecified atom stereocenters. The summed E-state index contributed by atoms with van der Waals surface area (Å²) in [4.78, 5) is 17.2. The van der Waals surface area contributed by atoms with E-state index in [9.17, 15) is 9.90 Å². The minimum atomic E-state index is -0.919. The Kier molecular flexibility index (Phi) is 4.74. The number of halogens is 1. The first kappa shape index (κ1) is 14.5. The Bertz CT molecular complexity index is 602. The third-order valence-electron chi connectivity index (χ3n) is 3.09. The van der Waals surface area contributed by atoms with Crippen LogP contribution in [0.2, 0.25) is 0 Å². The van der Waals surface area contributed by atoms with Crippen molar-refractivity contribution in [1.29, 1.82) is 0 Å². The van der Waals surface area contributed by atoms with E-state index in [2.05, 4.69) is 20.9 Å². The molecule has 0 spiro atoms. The van der Waals surface area contributed by atoms with Crippen LogP contribution < -0.4 is 4.90 Å². The van der Waals surface area contributed by atoms with E-state index in [1.165, 1.54) is 5.56 Å². The van der Waals surface area contributed by atoms with Gasteiger partial charge in [-0.05, 0) is 42.3 Å². The van der Waals surface area contributed by atoms with E-state index in [-0.39, 0.29) is 0 Å². The molecule has 0 saturated carbocycles. The van der Waals surface area contributed by atoms with Crippen molar-refractivity contribution in [1.82, 2.24) is 4.98 Å². The van der Waals surface area contributed by atoms with E-state index in [1.807, 2.05) is 36.2 Å². The van der Waals surface area contributed by atoms with Gasteiger partial charge in [0.15, 0.2) is 0 Å². The van der Waals surface area contributed by atoms with E-state index in [0.717, 1.165) is 23.1 Å². The Balaban J connectivity index is 2.13. The molecule has 104 valence electrons.